The average molecular weight is 329 g/mol. The average Bonchev–Trinajstić information content (AvgIpc) is 3.40. The van der Waals surface area contributed by atoms with Crippen LogP contribution in [0.4, 0.5) is 4.79 Å². The molecule has 2 N–H and O–H groups in total. The summed E-state index contributed by atoms with van der Waals surface area (Å²) < 4.78 is 0. The number of urea groups is 1. The molecule has 0 spiro atoms. The van der Waals surface area contributed by atoms with E-state index in [9.17, 15) is 9.59 Å². The third-order valence-electron chi connectivity index (χ3n) is 5.07. The van der Waals surface area contributed by atoms with Crippen LogP contribution >= 0.6 is 0 Å². The highest BCUT2D eigenvalue weighted by Gasteiger charge is 2.35. The monoisotopic (exact) mass is 329 g/mol. The molecule has 130 valence electrons. The molecule has 1 aromatic carbocycles. The molecule has 0 radical (unpaired) electrons. The van der Waals surface area contributed by atoms with Gasteiger partial charge in [-0.25, -0.2) is 4.79 Å². The maximum atomic E-state index is 12.2. The van der Waals surface area contributed by atoms with E-state index in [-0.39, 0.29) is 24.0 Å². The van der Waals surface area contributed by atoms with Gasteiger partial charge in [-0.15, -0.1) is 0 Å². The lowest BCUT2D eigenvalue weighted by Crippen LogP contribution is -2.49. The largest absolute Gasteiger partial charge is 0.342 e. The number of carbonyl (C=O) groups excluding carboxylic acids is 2. The van der Waals surface area contributed by atoms with Crippen LogP contribution in [-0.2, 0) is 4.79 Å². The van der Waals surface area contributed by atoms with Gasteiger partial charge in [0.15, 0.2) is 0 Å². The molecule has 1 aliphatic heterocycles. The summed E-state index contributed by atoms with van der Waals surface area (Å²) in [5.74, 6) is 0.596. The van der Waals surface area contributed by atoms with Crippen molar-refractivity contribution in [2.24, 2.45) is 5.92 Å². The van der Waals surface area contributed by atoms with Gasteiger partial charge in [-0.2, -0.15) is 0 Å². The summed E-state index contributed by atoms with van der Waals surface area (Å²) >= 11 is 0. The zero-order valence-electron chi connectivity index (χ0n) is 14.5. The number of amides is 3. The number of nitrogens with one attached hydrogen (secondary N) is 2. The molecule has 3 rings (SSSR count). The van der Waals surface area contributed by atoms with E-state index < -0.39 is 0 Å². The number of benzene rings is 1. The zero-order chi connectivity index (χ0) is 17.1. The maximum Gasteiger partial charge on any atom is 0.315 e. The predicted octanol–water partition coefficient (Wildman–Crippen LogP) is 2.76. The van der Waals surface area contributed by atoms with Crippen molar-refractivity contribution in [1.29, 1.82) is 0 Å². The Balaban J connectivity index is 1.44. The van der Waals surface area contributed by atoms with Crippen molar-refractivity contribution in [3.8, 4) is 0 Å². The van der Waals surface area contributed by atoms with Crippen LogP contribution in [0.2, 0.25) is 0 Å². The van der Waals surface area contributed by atoms with Crippen molar-refractivity contribution in [2.75, 3.05) is 13.1 Å². The van der Waals surface area contributed by atoms with E-state index in [4.69, 9.17) is 0 Å². The van der Waals surface area contributed by atoms with Crippen LogP contribution in [0.3, 0.4) is 0 Å². The van der Waals surface area contributed by atoms with Crippen molar-refractivity contribution >= 4 is 11.9 Å². The summed E-state index contributed by atoms with van der Waals surface area (Å²) in [4.78, 5) is 26.2. The lowest BCUT2D eigenvalue weighted by molar-refractivity contribution is -0.133. The maximum absolute atomic E-state index is 12.2. The Bertz CT molecular complexity index is 604. The second-order valence-electron chi connectivity index (χ2n) is 7.07. The number of nitrogens with zero attached hydrogens (tertiary/aromatic N) is 1. The summed E-state index contributed by atoms with van der Waals surface area (Å²) in [5.41, 5.74) is 2.31. The van der Waals surface area contributed by atoms with Crippen molar-refractivity contribution < 1.29 is 9.59 Å². The molecule has 1 saturated carbocycles. The van der Waals surface area contributed by atoms with Crippen molar-refractivity contribution in [3.63, 3.8) is 0 Å². The minimum atomic E-state index is -0.127. The quantitative estimate of drug-likeness (QED) is 0.892. The molecule has 2 fully saturated rings. The lowest BCUT2D eigenvalue weighted by atomic mass is 10.0. The molecule has 5 heteroatoms. The first-order chi connectivity index (χ1) is 11.5. The Morgan fingerprint density at radius 2 is 1.79 bits per heavy atom. The molecule has 1 atom stereocenters. The standard InChI is InChI=1S/C19H27N3O2/c1-13-5-3-4-6-17(13)14(2)20-19(24)21-16-9-11-22(12-10-16)18(23)15-7-8-15/h3-6,14-16H,7-12H2,1-2H3,(H2,20,21,24). The van der Waals surface area contributed by atoms with E-state index in [0.717, 1.165) is 44.3 Å². The van der Waals surface area contributed by atoms with Crippen LogP contribution in [0.5, 0.6) is 0 Å². The number of hydrogen-bond acceptors (Lipinski definition) is 2. The highest BCUT2D eigenvalue weighted by atomic mass is 16.2. The van der Waals surface area contributed by atoms with E-state index >= 15 is 0 Å². The second-order valence-corrected chi connectivity index (χ2v) is 7.07. The Morgan fingerprint density at radius 1 is 1.12 bits per heavy atom. The third kappa shape index (κ3) is 4.08. The van der Waals surface area contributed by atoms with E-state index in [1.54, 1.807) is 0 Å². The molecule has 0 aromatic heterocycles. The minimum Gasteiger partial charge on any atom is -0.342 e. The summed E-state index contributed by atoms with van der Waals surface area (Å²) in [7, 11) is 0. The van der Waals surface area contributed by atoms with Crippen LogP contribution in [0.25, 0.3) is 0 Å². The SMILES string of the molecule is Cc1ccccc1C(C)NC(=O)NC1CCN(C(=O)C2CC2)CC1. The first-order valence-corrected chi connectivity index (χ1v) is 8.96. The summed E-state index contributed by atoms with van der Waals surface area (Å²) in [6.45, 7) is 5.57. The zero-order valence-corrected chi connectivity index (χ0v) is 14.5. The van der Waals surface area contributed by atoms with E-state index in [2.05, 4.69) is 23.6 Å². The highest BCUT2D eigenvalue weighted by molar-refractivity contribution is 5.81. The number of hydrogen-bond donors (Lipinski definition) is 2. The molecule has 1 heterocycles. The molecule has 2 aliphatic rings. The van der Waals surface area contributed by atoms with Crippen LogP contribution in [0.1, 0.15) is 49.8 Å². The van der Waals surface area contributed by atoms with E-state index in [0.29, 0.717) is 5.91 Å². The Kier molecular flexibility index (Phi) is 5.07. The topological polar surface area (TPSA) is 61.4 Å². The fourth-order valence-electron chi connectivity index (χ4n) is 3.41. The molecule has 5 nitrogen and oxygen atoms in total. The van der Waals surface area contributed by atoms with Gasteiger partial charge in [0.25, 0.3) is 0 Å². The van der Waals surface area contributed by atoms with Gasteiger partial charge in [0.05, 0.1) is 6.04 Å². The number of piperidine rings is 1. The molecule has 1 aromatic rings. The second kappa shape index (κ2) is 7.24. The number of rotatable bonds is 4. The summed E-state index contributed by atoms with van der Waals surface area (Å²) in [5, 5.41) is 6.07. The Hall–Kier alpha value is -2.04. The number of aryl methyl sites for hydroxylation is 1. The highest BCUT2D eigenvalue weighted by Crippen LogP contribution is 2.31. The first kappa shape index (κ1) is 16.8. The molecular weight excluding hydrogens is 302 g/mol. The molecule has 0 bridgehead atoms. The van der Waals surface area contributed by atoms with Gasteiger partial charge in [-0.3, -0.25) is 4.79 Å². The first-order valence-electron chi connectivity index (χ1n) is 8.96. The summed E-state index contributed by atoms with van der Waals surface area (Å²) in [6.07, 6.45) is 3.78. The van der Waals surface area contributed by atoms with Crippen LogP contribution < -0.4 is 10.6 Å². The predicted molar refractivity (Wildman–Crippen MR) is 93.6 cm³/mol. The smallest absolute Gasteiger partial charge is 0.315 e. The molecule has 24 heavy (non-hydrogen) atoms. The van der Waals surface area contributed by atoms with Gasteiger partial charge < -0.3 is 15.5 Å². The molecule has 3 amide bonds. The van der Waals surface area contributed by atoms with Crippen molar-refractivity contribution in [1.82, 2.24) is 15.5 Å². The van der Waals surface area contributed by atoms with Gasteiger partial charge in [0, 0.05) is 25.0 Å². The van der Waals surface area contributed by atoms with Gasteiger partial charge in [0.2, 0.25) is 5.91 Å². The molecule has 1 aliphatic carbocycles. The molecule has 1 saturated heterocycles. The Morgan fingerprint density at radius 3 is 2.42 bits per heavy atom. The normalized spacial score (nSPS) is 19.7. The van der Waals surface area contributed by atoms with Gasteiger partial charge >= 0.3 is 6.03 Å². The van der Waals surface area contributed by atoms with Crippen LogP contribution in [0.15, 0.2) is 24.3 Å². The van der Waals surface area contributed by atoms with Crippen molar-refractivity contribution in [2.45, 2.75) is 51.6 Å². The van der Waals surface area contributed by atoms with Crippen LogP contribution in [0, 0.1) is 12.8 Å². The van der Waals surface area contributed by atoms with Gasteiger partial charge in [-0.1, -0.05) is 24.3 Å². The van der Waals surface area contributed by atoms with E-state index in [1.807, 2.05) is 30.0 Å². The molecule has 1 unspecified atom stereocenters. The number of likely N-dealkylation sites (tertiary alicyclic amines) is 1. The fraction of sp³-hybridized carbons (Fsp3) is 0.579. The van der Waals surface area contributed by atoms with Crippen LogP contribution in [-0.4, -0.2) is 36.0 Å². The lowest BCUT2D eigenvalue weighted by Gasteiger charge is -2.32. The third-order valence-corrected chi connectivity index (χ3v) is 5.07. The van der Waals surface area contributed by atoms with Gasteiger partial charge in [-0.05, 0) is 50.7 Å². The van der Waals surface area contributed by atoms with Crippen molar-refractivity contribution in [3.05, 3.63) is 35.4 Å². The minimum absolute atomic E-state index is 0.0252. The summed E-state index contributed by atoms with van der Waals surface area (Å²) in [6, 6.07) is 8.09. The Labute approximate surface area is 143 Å². The molecular formula is C19H27N3O2. The fourth-order valence-corrected chi connectivity index (χ4v) is 3.41. The number of carbonyl (C=O) groups is 2. The van der Waals surface area contributed by atoms with Gasteiger partial charge in [0.1, 0.15) is 0 Å². The van der Waals surface area contributed by atoms with E-state index in [1.165, 1.54) is 5.56 Å².